The molecule has 1 N–H and O–H groups in total. The van der Waals surface area contributed by atoms with Crippen molar-refractivity contribution in [1.29, 1.82) is 0 Å². The number of ether oxygens (including phenoxy) is 2. The van der Waals surface area contributed by atoms with Gasteiger partial charge in [0.25, 0.3) is 0 Å². The topological polar surface area (TPSA) is 82.5 Å². The van der Waals surface area contributed by atoms with Gasteiger partial charge in [0.15, 0.2) is 0 Å². The van der Waals surface area contributed by atoms with Gasteiger partial charge < -0.3 is 19.4 Å². The van der Waals surface area contributed by atoms with Crippen LogP contribution in [0.2, 0.25) is 5.02 Å². The largest absolute Gasteiger partial charge is 0.486 e. The number of nitrogens with zero attached hydrogens (tertiary/aromatic N) is 2. The van der Waals surface area contributed by atoms with Crippen molar-refractivity contribution in [3.63, 3.8) is 0 Å². The van der Waals surface area contributed by atoms with Crippen LogP contribution in [0.4, 0.5) is 0 Å². The molecule has 0 saturated heterocycles. The minimum Gasteiger partial charge on any atom is -0.486 e. The molecule has 0 fully saturated rings. The number of hydrogen-bond acceptors (Lipinski definition) is 5. The summed E-state index contributed by atoms with van der Waals surface area (Å²) in [6.45, 7) is 0.488. The van der Waals surface area contributed by atoms with Gasteiger partial charge in [-0.3, -0.25) is 9.59 Å². The summed E-state index contributed by atoms with van der Waals surface area (Å²) < 4.78 is 12.2. The highest BCUT2D eigenvalue weighted by atomic mass is 35.5. The number of methoxy groups -OCH3 is 1. The van der Waals surface area contributed by atoms with Crippen molar-refractivity contribution in [3.05, 3.63) is 59.4 Å². The Kier molecular flexibility index (Phi) is 6.49. The van der Waals surface area contributed by atoms with Crippen molar-refractivity contribution >= 4 is 34.5 Å². The Labute approximate surface area is 167 Å². The van der Waals surface area contributed by atoms with Gasteiger partial charge in [-0.05, 0) is 36.4 Å². The second-order valence-corrected chi connectivity index (χ2v) is 6.46. The highest BCUT2D eigenvalue weighted by Gasteiger charge is 2.14. The van der Waals surface area contributed by atoms with Crippen LogP contribution in [-0.4, -0.2) is 35.1 Å². The number of hydrogen-bond donors (Lipinski definition) is 1. The van der Waals surface area contributed by atoms with Gasteiger partial charge in [0.2, 0.25) is 5.91 Å². The summed E-state index contributed by atoms with van der Waals surface area (Å²) >= 11 is 5.89. The number of fused-ring (bicyclic) bond motifs is 1. The molecule has 1 heterocycles. The van der Waals surface area contributed by atoms with Crippen molar-refractivity contribution in [3.8, 4) is 5.75 Å². The quantitative estimate of drug-likeness (QED) is 0.587. The molecule has 28 heavy (non-hydrogen) atoms. The van der Waals surface area contributed by atoms with Crippen molar-refractivity contribution in [2.45, 2.75) is 19.6 Å². The van der Waals surface area contributed by atoms with Gasteiger partial charge in [0.1, 0.15) is 24.7 Å². The second-order valence-electron chi connectivity index (χ2n) is 6.02. The van der Waals surface area contributed by atoms with Crippen LogP contribution in [0.5, 0.6) is 5.75 Å². The predicted molar refractivity (Wildman–Crippen MR) is 105 cm³/mol. The number of carbonyl (C=O) groups excluding carboxylic acids is 2. The number of nitrogens with one attached hydrogen (secondary N) is 1. The van der Waals surface area contributed by atoms with Crippen LogP contribution in [0, 0.1) is 0 Å². The standard InChI is InChI=1S/C20H20ClN3O4/c1-27-20(26)10-11-22-19(25)12-24-17-5-3-2-4-16(17)23-18(24)13-28-15-8-6-14(21)7-9-15/h2-9H,10-13H2,1H3,(H,22,25). The maximum Gasteiger partial charge on any atom is 0.307 e. The molecular weight excluding hydrogens is 382 g/mol. The molecule has 146 valence electrons. The average Bonchev–Trinajstić information content (AvgIpc) is 3.05. The molecule has 0 aliphatic carbocycles. The first-order valence-corrected chi connectivity index (χ1v) is 9.10. The smallest absolute Gasteiger partial charge is 0.307 e. The number of aromatic nitrogens is 2. The Morgan fingerprint density at radius 2 is 1.89 bits per heavy atom. The molecule has 0 aliphatic rings. The van der Waals surface area contributed by atoms with Gasteiger partial charge in [-0.2, -0.15) is 0 Å². The first-order chi connectivity index (χ1) is 13.6. The van der Waals surface area contributed by atoms with Crippen LogP contribution in [0.25, 0.3) is 11.0 Å². The highest BCUT2D eigenvalue weighted by molar-refractivity contribution is 6.30. The summed E-state index contributed by atoms with van der Waals surface area (Å²) in [6.07, 6.45) is 0.124. The van der Waals surface area contributed by atoms with Crippen molar-refractivity contribution in [2.24, 2.45) is 0 Å². The van der Waals surface area contributed by atoms with E-state index in [2.05, 4.69) is 15.0 Å². The molecule has 8 heteroatoms. The Balaban J connectivity index is 1.72. The average molecular weight is 402 g/mol. The fraction of sp³-hybridized carbons (Fsp3) is 0.250. The summed E-state index contributed by atoms with van der Waals surface area (Å²) in [6, 6.07) is 14.6. The molecule has 1 aromatic heterocycles. The molecule has 0 saturated carbocycles. The lowest BCUT2D eigenvalue weighted by molar-refractivity contribution is -0.140. The van der Waals surface area contributed by atoms with Gasteiger partial charge in [0.05, 0.1) is 24.6 Å². The highest BCUT2D eigenvalue weighted by Crippen LogP contribution is 2.20. The lowest BCUT2D eigenvalue weighted by Gasteiger charge is -2.11. The van der Waals surface area contributed by atoms with E-state index >= 15 is 0 Å². The summed E-state index contributed by atoms with van der Waals surface area (Å²) in [7, 11) is 1.31. The normalized spacial score (nSPS) is 10.6. The molecule has 3 aromatic rings. The number of benzene rings is 2. The monoisotopic (exact) mass is 401 g/mol. The van der Waals surface area contributed by atoms with Crippen molar-refractivity contribution in [1.82, 2.24) is 14.9 Å². The van der Waals surface area contributed by atoms with E-state index in [1.807, 2.05) is 24.3 Å². The van der Waals surface area contributed by atoms with Crippen LogP contribution in [0.1, 0.15) is 12.2 Å². The number of halogens is 1. The number of rotatable bonds is 8. The van der Waals surface area contributed by atoms with E-state index in [-0.39, 0.29) is 38.0 Å². The third-order valence-electron chi connectivity index (χ3n) is 4.10. The third kappa shape index (κ3) is 5.01. The Hall–Kier alpha value is -3.06. The maximum atomic E-state index is 12.3. The van der Waals surface area contributed by atoms with Crippen LogP contribution in [0.15, 0.2) is 48.5 Å². The zero-order valence-electron chi connectivity index (χ0n) is 15.4. The van der Waals surface area contributed by atoms with Crippen molar-refractivity contribution in [2.75, 3.05) is 13.7 Å². The van der Waals surface area contributed by atoms with Crippen molar-refractivity contribution < 1.29 is 19.1 Å². The van der Waals surface area contributed by atoms with Gasteiger partial charge in [-0.25, -0.2) is 4.98 Å². The van der Waals surface area contributed by atoms with Crippen LogP contribution in [0.3, 0.4) is 0 Å². The fourth-order valence-electron chi connectivity index (χ4n) is 2.70. The number of imidazole rings is 1. The molecule has 3 rings (SSSR count). The molecule has 0 bridgehead atoms. The van der Waals surface area contributed by atoms with E-state index in [9.17, 15) is 9.59 Å². The summed E-state index contributed by atoms with van der Waals surface area (Å²) in [5.41, 5.74) is 1.61. The Bertz CT molecular complexity index is 969. The van der Waals surface area contributed by atoms with Gasteiger partial charge in [0, 0.05) is 11.6 Å². The zero-order chi connectivity index (χ0) is 19.9. The van der Waals surface area contributed by atoms with E-state index in [1.54, 1.807) is 28.8 Å². The SMILES string of the molecule is COC(=O)CCNC(=O)Cn1c(COc2ccc(Cl)cc2)nc2ccccc21. The first-order valence-electron chi connectivity index (χ1n) is 8.73. The molecule has 7 nitrogen and oxygen atoms in total. The second kappa shape index (κ2) is 9.23. The fourth-order valence-corrected chi connectivity index (χ4v) is 2.82. The van der Waals surface area contributed by atoms with E-state index < -0.39 is 0 Å². The molecule has 0 aliphatic heterocycles. The van der Waals surface area contributed by atoms with E-state index in [4.69, 9.17) is 16.3 Å². The summed E-state index contributed by atoms with van der Waals surface area (Å²) in [4.78, 5) is 28.1. The van der Waals surface area contributed by atoms with Crippen LogP contribution in [-0.2, 0) is 27.5 Å². The third-order valence-corrected chi connectivity index (χ3v) is 4.35. The minimum absolute atomic E-state index is 0.0704. The number of esters is 1. The maximum absolute atomic E-state index is 12.3. The number of para-hydroxylation sites is 2. The van der Waals surface area contributed by atoms with E-state index in [0.717, 1.165) is 11.0 Å². The van der Waals surface area contributed by atoms with Gasteiger partial charge >= 0.3 is 5.97 Å². The lowest BCUT2D eigenvalue weighted by atomic mass is 10.3. The molecule has 1 amide bonds. The predicted octanol–water partition coefficient (Wildman–Crippen LogP) is 2.95. The Morgan fingerprint density at radius 1 is 1.14 bits per heavy atom. The molecule has 0 radical (unpaired) electrons. The molecule has 0 spiro atoms. The van der Waals surface area contributed by atoms with Gasteiger partial charge in [-0.15, -0.1) is 0 Å². The summed E-state index contributed by atoms with van der Waals surface area (Å²) in [5, 5.41) is 3.34. The Morgan fingerprint density at radius 3 is 2.64 bits per heavy atom. The van der Waals surface area contributed by atoms with E-state index in [0.29, 0.717) is 16.6 Å². The van der Waals surface area contributed by atoms with E-state index in [1.165, 1.54) is 7.11 Å². The molecule has 0 atom stereocenters. The first kappa shape index (κ1) is 19.7. The molecular formula is C20H20ClN3O4. The minimum atomic E-state index is -0.370. The number of carbonyl (C=O) groups is 2. The summed E-state index contributed by atoms with van der Waals surface area (Å²) in [5.74, 6) is 0.690. The van der Waals surface area contributed by atoms with Gasteiger partial charge in [-0.1, -0.05) is 23.7 Å². The lowest BCUT2D eigenvalue weighted by Crippen LogP contribution is -2.30. The van der Waals surface area contributed by atoms with Crippen LogP contribution < -0.4 is 10.1 Å². The molecule has 0 unspecified atom stereocenters. The molecule has 2 aromatic carbocycles. The number of amides is 1. The van der Waals surface area contributed by atoms with Crippen LogP contribution >= 0.6 is 11.6 Å². The zero-order valence-corrected chi connectivity index (χ0v) is 16.1.